The molecule has 0 aromatic heterocycles. The van der Waals surface area contributed by atoms with Crippen molar-refractivity contribution in [1.29, 1.82) is 0 Å². The third-order valence-corrected chi connectivity index (χ3v) is 4.51. The largest absolute Gasteiger partial charge is 0.467 e. The lowest BCUT2D eigenvalue weighted by Crippen LogP contribution is -2.40. The van der Waals surface area contributed by atoms with E-state index in [4.69, 9.17) is 17.0 Å². The molecule has 122 valence electrons. The summed E-state index contributed by atoms with van der Waals surface area (Å²) in [6, 6.07) is 10.1. The quantitative estimate of drug-likeness (QED) is 0.443. The Labute approximate surface area is 143 Å². The van der Waals surface area contributed by atoms with Crippen LogP contribution in [0.25, 0.3) is 0 Å². The van der Waals surface area contributed by atoms with Gasteiger partial charge in [-0.15, -0.1) is 0 Å². The minimum atomic E-state index is -0.348. The highest BCUT2D eigenvalue weighted by Crippen LogP contribution is 2.12. The average molecular weight is 340 g/mol. The Kier molecular flexibility index (Phi) is 9.16. The number of benzene rings is 1. The van der Waals surface area contributed by atoms with Gasteiger partial charge in [-0.25, -0.2) is 4.79 Å². The molecule has 0 bridgehead atoms. The predicted octanol–water partition coefficient (Wildman–Crippen LogP) is 3.81. The molecule has 22 heavy (non-hydrogen) atoms. The molecule has 1 aromatic rings. The summed E-state index contributed by atoms with van der Waals surface area (Å²) in [5, 5.41) is 3.12. The highest BCUT2D eigenvalue weighted by atomic mass is 32.2. The van der Waals surface area contributed by atoms with Crippen molar-refractivity contribution in [2.24, 2.45) is 5.92 Å². The van der Waals surface area contributed by atoms with E-state index in [1.165, 1.54) is 12.7 Å². The first-order valence-corrected chi connectivity index (χ1v) is 8.97. The topological polar surface area (TPSA) is 38.3 Å². The molecule has 0 aliphatic heterocycles. The molecule has 1 N–H and O–H groups in total. The minimum absolute atomic E-state index is 0.249. The maximum absolute atomic E-state index is 11.7. The van der Waals surface area contributed by atoms with Crippen molar-refractivity contribution >= 4 is 34.3 Å². The van der Waals surface area contributed by atoms with Crippen LogP contribution in [0.15, 0.2) is 30.3 Å². The fraction of sp³-hybridized carbons (Fsp3) is 0.529. The van der Waals surface area contributed by atoms with Gasteiger partial charge in [-0.05, 0) is 30.7 Å². The van der Waals surface area contributed by atoms with Crippen LogP contribution in [0.2, 0.25) is 0 Å². The summed E-state index contributed by atoms with van der Waals surface area (Å²) in [6.07, 6.45) is 2.82. The van der Waals surface area contributed by atoms with Crippen molar-refractivity contribution in [3.05, 3.63) is 35.9 Å². The maximum atomic E-state index is 11.7. The van der Waals surface area contributed by atoms with Gasteiger partial charge in [0.2, 0.25) is 0 Å². The smallest absolute Gasteiger partial charge is 0.328 e. The van der Waals surface area contributed by atoms with Crippen molar-refractivity contribution in [2.75, 3.05) is 12.9 Å². The number of thiocarbonyl (C=S) groups is 1. The van der Waals surface area contributed by atoms with Gasteiger partial charge in [0.25, 0.3) is 0 Å². The molecule has 1 rings (SSSR count). The van der Waals surface area contributed by atoms with Crippen molar-refractivity contribution in [1.82, 2.24) is 5.32 Å². The van der Waals surface area contributed by atoms with E-state index in [9.17, 15) is 4.79 Å². The summed E-state index contributed by atoms with van der Waals surface area (Å²) in [6.45, 7) is 4.15. The first-order valence-electron chi connectivity index (χ1n) is 7.58. The molecular formula is C17H25NO2S2. The van der Waals surface area contributed by atoms with E-state index in [1.54, 1.807) is 11.8 Å². The van der Waals surface area contributed by atoms with Crippen molar-refractivity contribution in [3.8, 4) is 0 Å². The lowest BCUT2D eigenvalue weighted by Gasteiger charge is -2.19. The van der Waals surface area contributed by atoms with Gasteiger partial charge in [-0.2, -0.15) is 0 Å². The number of ether oxygens (including phenoxy) is 1. The lowest BCUT2D eigenvalue weighted by atomic mass is 10.0. The number of rotatable bonds is 8. The van der Waals surface area contributed by atoms with Gasteiger partial charge in [0.1, 0.15) is 10.4 Å². The standard InChI is InChI=1S/C17H25NO2S2/c1-13(2)12-15(16(19)20-3)18-17(21)22-11-7-10-14-8-5-4-6-9-14/h4-6,8-9,13,15H,7,10-12H2,1-3H3,(H,18,21)/t15-/m0/s1. The molecule has 0 fully saturated rings. The number of thioether (sulfide) groups is 1. The Bertz CT molecular complexity index is 463. The summed E-state index contributed by atoms with van der Waals surface area (Å²) in [5.74, 6) is 1.10. The number of methoxy groups -OCH3 is 1. The minimum Gasteiger partial charge on any atom is -0.467 e. The van der Waals surface area contributed by atoms with E-state index in [-0.39, 0.29) is 12.0 Å². The van der Waals surface area contributed by atoms with Crippen LogP contribution in [-0.2, 0) is 16.0 Å². The summed E-state index contributed by atoms with van der Waals surface area (Å²) in [5.41, 5.74) is 1.34. The van der Waals surface area contributed by atoms with Gasteiger partial charge in [0.05, 0.1) is 7.11 Å². The van der Waals surface area contributed by atoms with Gasteiger partial charge in [-0.1, -0.05) is 68.2 Å². The second kappa shape index (κ2) is 10.6. The Morgan fingerprint density at radius 3 is 2.59 bits per heavy atom. The zero-order chi connectivity index (χ0) is 16.4. The second-order valence-electron chi connectivity index (χ2n) is 5.57. The zero-order valence-electron chi connectivity index (χ0n) is 13.5. The number of esters is 1. The number of aryl methyl sites for hydroxylation is 1. The molecule has 0 unspecified atom stereocenters. The molecule has 5 heteroatoms. The normalized spacial score (nSPS) is 12.0. The number of carbonyl (C=O) groups excluding carboxylic acids is 1. The van der Waals surface area contributed by atoms with E-state index >= 15 is 0 Å². The van der Waals surface area contributed by atoms with Crippen molar-refractivity contribution < 1.29 is 9.53 Å². The highest BCUT2D eigenvalue weighted by Gasteiger charge is 2.21. The molecule has 0 aliphatic carbocycles. The van der Waals surface area contributed by atoms with Gasteiger partial charge >= 0.3 is 5.97 Å². The molecule has 0 amide bonds. The third kappa shape index (κ3) is 7.80. The van der Waals surface area contributed by atoms with Crippen LogP contribution in [0.1, 0.15) is 32.3 Å². The summed E-state index contributed by atoms with van der Waals surface area (Å²) in [7, 11) is 1.41. The molecule has 0 saturated heterocycles. The van der Waals surface area contributed by atoms with E-state index in [2.05, 4.69) is 43.4 Å². The van der Waals surface area contributed by atoms with Crippen LogP contribution in [-0.4, -0.2) is 29.2 Å². The third-order valence-electron chi connectivity index (χ3n) is 3.17. The van der Waals surface area contributed by atoms with Gasteiger partial charge in [0.15, 0.2) is 0 Å². The fourth-order valence-electron chi connectivity index (χ4n) is 2.10. The lowest BCUT2D eigenvalue weighted by molar-refractivity contribution is -0.143. The van der Waals surface area contributed by atoms with Crippen LogP contribution in [0.3, 0.4) is 0 Å². The summed E-state index contributed by atoms with van der Waals surface area (Å²) in [4.78, 5) is 11.7. The Morgan fingerprint density at radius 2 is 2.00 bits per heavy atom. The van der Waals surface area contributed by atoms with Crippen LogP contribution in [0.4, 0.5) is 0 Å². The molecule has 0 aliphatic rings. The van der Waals surface area contributed by atoms with E-state index in [0.29, 0.717) is 10.2 Å². The van der Waals surface area contributed by atoms with Crippen molar-refractivity contribution in [2.45, 2.75) is 39.2 Å². The molecule has 0 radical (unpaired) electrons. The predicted molar refractivity (Wildman–Crippen MR) is 98.2 cm³/mol. The first-order chi connectivity index (χ1) is 10.5. The fourth-order valence-corrected chi connectivity index (χ4v) is 3.19. The van der Waals surface area contributed by atoms with E-state index in [0.717, 1.165) is 25.0 Å². The van der Waals surface area contributed by atoms with E-state index < -0.39 is 0 Å². The van der Waals surface area contributed by atoms with E-state index in [1.807, 2.05) is 6.07 Å². The molecule has 0 saturated carbocycles. The Hall–Kier alpha value is -1.07. The number of hydrogen-bond acceptors (Lipinski definition) is 4. The Balaban J connectivity index is 2.29. The molecule has 0 spiro atoms. The molecule has 1 atom stereocenters. The molecule has 3 nitrogen and oxygen atoms in total. The van der Waals surface area contributed by atoms with Crippen LogP contribution < -0.4 is 5.32 Å². The van der Waals surface area contributed by atoms with Crippen LogP contribution >= 0.6 is 24.0 Å². The average Bonchev–Trinajstić information content (AvgIpc) is 2.50. The zero-order valence-corrected chi connectivity index (χ0v) is 15.1. The maximum Gasteiger partial charge on any atom is 0.328 e. The number of nitrogens with one attached hydrogen (secondary N) is 1. The number of carbonyl (C=O) groups is 1. The monoisotopic (exact) mass is 339 g/mol. The van der Waals surface area contributed by atoms with Gasteiger partial charge in [-0.3, -0.25) is 0 Å². The summed E-state index contributed by atoms with van der Waals surface area (Å²) < 4.78 is 5.50. The first kappa shape index (κ1) is 19.0. The molecule has 0 heterocycles. The summed E-state index contributed by atoms with van der Waals surface area (Å²) >= 11 is 6.92. The Morgan fingerprint density at radius 1 is 1.32 bits per heavy atom. The SMILES string of the molecule is COC(=O)[C@H](CC(C)C)NC(=S)SCCCc1ccccc1. The molecule has 1 aromatic carbocycles. The van der Waals surface area contributed by atoms with Gasteiger partial charge in [0, 0.05) is 5.75 Å². The number of hydrogen-bond donors (Lipinski definition) is 1. The highest BCUT2D eigenvalue weighted by molar-refractivity contribution is 8.22. The van der Waals surface area contributed by atoms with Crippen molar-refractivity contribution in [3.63, 3.8) is 0 Å². The van der Waals surface area contributed by atoms with Crippen LogP contribution in [0.5, 0.6) is 0 Å². The second-order valence-corrected chi connectivity index (χ2v) is 7.35. The van der Waals surface area contributed by atoms with Crippen LogP contribution in [0, 0.1) is 5.92 Å². The molecular weight excluding hydrogens is 314 g/mol. The van der Waals surface area contributed by atoms with Gasteiger partial charge < -0.3 is 10.1 Å².